The fraction of sp³-hybridized carbons (Fsp3) is 0.750. The minimum Gasteiger partial charge on any atom is -0.466 e. The van der Waals surface area contributed by atoms with Crippen molar-refractivity contribution in [1.29, 1.82) is 0 Å². The molecule has 1 N–H and O–H groups in total. The van der Waals surface area contributed by atoms with Crippen LogP contribution >= 0.6 is 0 Å². The Bertz CT molecular complexity index is 275. The second-order valence-corrected chi connectivity index (χ2v) is 4.39. The summed E-state index contributed by atoms with van der Waals surface area (Å²) >= 11 is 0. The van der Waals surface area contributed by atoms with Crippen molar-refractivity contribution in [3.63, 3.8) is 0 Å². The largest absolute Gasteiger partial charge is 0.466 e. The summed E-state index contributed by atoms with van der Waals surface area (Å²) in [6.45, 7) is 5.77. The lowest BCUT2D eigenvalue weighted by Gasteiger charge is -2.23. The van der Waals surface area contributed by atoms with Gasteiger partial charge in [0.1, 0.15) is 0 Å². The Kier molecular flexibility index (Phi) is 4.96. The van der Waals surface area contributed by atoms with Crippen molar-refractivity contribution in [1.82, 2.24) is 4.90 Å². The molecule has 0 amide bonds. The number of nitrogens with zero attached hydrogens (tertiary/aromatic N) is 1. The third-order valence-corrected chi connectivity index (χ3v) is 3.32. The molecule has 0 aromatic rings. The summed E-state index contributed by atoms with van der Waals surface area (Å²) in [6.07, 6.45) is 2.98. The van der Waals surface area contributed by atoms with Gasteiger partial charge < -0.3 is 9.84 Å². The molecule has 4 heteroatoms. The van der Waals surface area contributed by atoms with Crippen LogP contribution in [-0.2, 0) is 9.53 Å². The van der Waals surface area contributed by atoms with Crippen LogP contribution in [0.15, 0.2) is 11.6 Å². The second-order valence-electron chi connectivity index (χ2n) is 4.39. The first-order valence-electron chi connectivity index (χ1n) is 5.70. The Morgan fingerprint density at radius 2 is 2.31 bits per heavy atom. The first kappa shape index (κ1) is 13.2. The van der Waals surface area contributed by atoms with E-state index in [0.29, 0.717) is 18.0 Å². The van der Waals surface area contributed by atoms with Gasteiger partial charge in [0.2, 0.25) is 0 Å². The van der Waals surface area contributed by atoms with Crippen LogP contribution in [0.5, 0.6) is 0 Å². The Balaban J connectivity index is 2.52. The number of esters is 1. The van der Waals surface area contributed by atoms with Crippen LogP contribution in [0.4, 0.5) is 0 Å². The third kappa shape index (κ3) is 3.06. The van der Waals surface area contributed by atoms with E-state index in [1.165, 1.54) is 7.11 Å². The number of hydrogen-bond acceptors (Lipinski definition) is 4. The van der Waals surface area contributed by atoms with Crippen LogP contribution in [0.2, 0.25) is 0 Å². The van der Waals surface area contributed by atoms with Gasteiger partial charge in [0.15, 0.2) is 0 Å². The van der Waals surface area contributed by atoms with Gasteiger partial charge in [-0.2, -0.15) is 0 Å². The first-order valence-corrected chi connectivity index (χ1v) is 5.70. The number of methoxy groups -OCH3 is 1. The Labute approximate surface area is 96.9 Å². The molecular weight excluding hydrogens is 206 g/mol. The maximum atomic E-state index is 11.2. The molecule has 1 aliphatic rings. The van der Waals surface area contributed by atoms with Gasteiger partial charge in [0.25, 0.3) is 0 Å². The summed E-state index contributed by atoms with van der Waals surface area (Å²) in [7, 11) is 1.38. The zero-order valence-corrected chi connectivity index (χ0v) is 10.3. The van der Waals surface area contributed by atoms with E-state index in [1.807, 2.05) is 6.08 Å². The summed E-state index contributed by atoms with van der Waals surface area (Å²) in [5.41, 5.74) is 0.624. The molecule has 0 bridgehead atoms. The van der Waals surface area contributed by atoms with E-state index in [1.54, 1.807) is 6.92 Å². The number of likely N-dealkylation sites (tertiary alicyclic amines) is 1. The van der Waals surface area contributed by atoms with Crippen molar-refractivity contribution in [2.75, 3.05) is 26.8 Å². The molecule has 0 spiro atoms. The molecule has 2 unspecified atom stereocenters. The smallest absolute Gasteiger partial charge is 0.333 e. The molecule has 1 rings (SSSR count). The Hall–Kier alpha value is -0.870. The maximum Gasteiger partial charge on any atom is 0.333 e. The predicted molar refractivity (Wildman–Crippen MR) is 62.0 cm³/mol. The number of ether oxygens (including phenoxy) is 1. The molecule has 0 aromatic carbocycles. The van der Waals surface area contributed by atoms with Gasteiger partial charge >= 0.3 is 5.97 Å². The average Bonchev–Trinajstić information content (AvgIpc) is 2.65. The van der Waals surface area contributed by atoms with Crippen molar-refractivity contribution in [3.8, 4) is 0 Å². The van der Waals surface area contributed by atoms with E-state index < -0.39 is 0 Å². The van der Waals surface area contributed by atoms with Gasteiger partial charge in [-0.3, -0.25) is 4.90 Å². The molecule has 1 heterocycles. The van der Waals surface area contributed by atoms with Crippen molar-refractivity contribution in [2.45, 2.75) is 26.3 Å². The van der Waals surface area contributed by atoms with Crippen LogP contribution in [-0.4, -0.2) is 48.8 Å². The normalized spacial score (nSPS) is 27.1. The zero-order valence-electron chi connectivity index (χ0n) is 10.3. The lowest BCUT2D eigenvalue weighted by molar-refractivity contribution is -0.136. The van der Waals surface area contributed by atoms with E-state index in [9.17, 15) is 9.90 Å². The summed E-state index contributed by atoms with van der Waals surface area (Å²) < 4.78 is 4.63. The molecule has 4 nitrogen and oxygen atoms in total. The minimum absolute atomic E-state index is 0.187. The minimum atomic E-state index is -0.284. The number of carbonyl (C=O) groups is 1. The van der Waals surface area contributed by atoms with Gasteiger partial charge in [-0.1, -0.05) is 13.0 Å². The molecule has 0 aromatic heterocycles. The Morgan fingerprint density at radius 1 is 1.62 bits per heavy atom. The molecule has 1 saturated heterocycles. The van der Waals surface area contributed by atoms with Crippen LogP contribution in [0.25, 0.3) is 0 Å². The quantitative estimate of drug-likeness (QED) is 0.570. The number of rotatable bonds is 4. The Morgan fingerprint density at radius 3 is 2.88 bits per heavy atom. The predicted octanol–water partition coefficient (Wildman–Crippen LogP) is 0.808. The molecule has 16 heavy (non-hydrogen) atoms. The summed E-state index contributed by atoms with van der Waals surface area (Å²) in [5, 5.41) is 9.27. The van der Waals surface area contributed by atoms with E-state index in [2.05, 4.69) is 16.6 Å². The van der Waals surface area contributed by atoms with E-state index in [0.717, 1.165) is 13.0 Å². The van der Waals surface area contributed by atoms with Gasteiger partial charge in [-0.15, -0.1) is 0 Å². The molecule has 0 saturated carbocycles. The lowest BCUT2D eigenvalue weighted by Crippen LogP contribution is -2.35. The van der Waals surface area contributed by atoms with Crippen molar-refractivity contribution >= 4 is 5.97 Å². The van der Waals surface area contributed by atoms with E-state index >= 15 is 0 Å². The molecule has 0 aliphatic carbocycles. The maximum absolute atomic E-state index is 11.2. The zero-order chi connectivity index (χ0) is 12.1. The van der Waals surface area contributed by atoms with E-state index in [-0.39, 0.29) is 18.6 Å². The van der Waals surface area contributed by atoms with Crippen LogP contribution in [0.3, 0.4) is 0 Å². The highest BCUT2D eigenvalue weighted by molar-refractivity contribution is 5.87. The van der Waals surface area contributed by atoms with E-state index in [4.69, 9.17) is 0 Å². The third-order valence-electron chi connectivity index (χ3n) is 3.32. The summed E-state index contributed by atoms with van der Waals surface area (Å²) in [4.78, 5) is 13.4. The van der Waals surface area contributed by atoms with Crippen LogP contribution in [0.1, 0.15) is 20.3 Å². The van der Waals surface area contributed by atoms with Crippen molar-refractivity contribution in [3.05, 3.63) is 11.6 Å². The van der Waals surface area contributed by atoms with Crippen LogP contribution in [0, 0.1) is 5.92 Å². The topological polar surface area (TPSA) is 49.8 Å². The van der Waals surface area contributed by atoms with Crippen LogP contribution < -0.4 is 0 Å². The highest BCUT2D eigenvalue weighted by atomic mass is 16.5. The van der Waals surface area contributed by atoms with Crippen molar-refractivity contribution < 1.29 is 14.6 Å². The van der Waals surface area contributed by atoms with Gasteiger partial charge in [-0.05, 0) is 25.8 Å². The summed E-state index contributed by atoms with van der Waals surface area (Å²) in [5.74, 6) is 0.240. The molecule has 0 radical (unpaired) electrons. The SMILES string of the molecule is COC(=O)C(C)=CCN1CCC(C)C1CO. The monoisotopic (exact) mass is 227 g/mol. The fourth-order valence-electron chi connectivity index (χ4n) is 2.11. The average molecular weight is 227 g/mol. The summed E-state index contributed by atoms with van der Waals surface area (Å²) in [6, 6.07) is 0.224. The molecular formula is C12H21NO3. The number of aliphatic hydroxyl groups is 1. The molecule has 2 atom stereocenters. The first-order chi connectivity index (χ1) is 7.60. The van der Waals surface area contributed by atoms with Gasteiger partial charge in [0.05, 0.1) is 13.7 Å². The van der Waals surface area contributed by atoms with Crippen molar-refractivity contribution in [2.24, 2.45) is 5.92 Å². The number of aliphatic hydroxyl groups excluding tert-OH is 1. The number of carbonyl (C=O) groups excluding carboxylic acids is 1. The second kappa shape index (κ2) is 6.01. The lowest BCUT2D eigenvalue weighted by atomic mass is 10.0. The number of hydrogen-bond donors (Lipinski definition) is 1. The molecule has 1 aliphatic heterocycles. The highest BCUT2D eigenvalue weighted by Gasteiger charge is 2.29. The van der Waals surface area contributed by atoms with Gasteiger partial charge in [-0.25, -0.2) is 4.79 Å². The van der Waals surface area contributed by atoms with Gasteiger partial charge in [0, 0.05) is 18.2 Å². The highest BCUT2D eigenvalue weighted by Crippen LogP contribution is 2.23. The molecule has 92 valence electrons. The molecule has 1 fully saturated rings. The standard InChI is InChI=1S/C12H21NO3/c1-9-4-6-13(11(9)8-14)7-5-10(2)12(15)16-3/h5,9,11,14H,4,6-8H2,1-3H3. The fourth-order valence-corrected chi connectivity index (χ4v) is 2.11.